The predicted molar refractivity (Wildman–Crippen MR) is 83.8 cm³/mol. The van der Waals surface area contributed by atoms with Crippen molar-refractivity contribution in [2.24, 2.45) is 0 Å². The summed E-state index contributed by atoms with van der Waals surface area (Å²) in [4.78, 5) is 8.21. The van der Waals surface area contributed by atoms with Crippen LogP contribution in [-0.2, 0) is 16.6 Å². The summed E-state index contributed by atoms with van der Waals surface area (Å²) in [5.74, 6) is 0.597. The number of aromatic nitrogens is 2. The van der Waals surface area contributed by atoms with E-state index in [1.165, 1.54) is 11.3 Å². The Morgan fingerprint density at radius 3 is 2.86 bits per heavy atom. The maximum atomic E-state index is 12.6. The highest BCUT2D eigenvalue weighted by atomic mass is 32.2. The number of nitrogens with zero attached hydrogens (tertiary/aromatic N) is 1. The van der Waals surface area contributed by atoms with Crippen molar-refractivity contribution in [3.63, 3.8) is 0 Å². The van der Waals surface area contributed by atoms with Crippen LogP contribution in [0, 0.1) is 6.92 Å². The van der Waals surface area contributed by atoms with Gasteiger partial charge in [0.15, 0.2) is 0 Å². The maximum Gasteiger partial charge on any atom is 0.242 e. The summed E-state index contributed by atoms with van der Waals surface area (Å²) in [7, 11) is -3.57. The van der Waals surface area contributed by atoms with E-state index in [9.17, 15) is 8.42 Å². The van der Waals surface area contributed by atoms with Gasteiger partial charge in [-0.3, -0.25) is 0 Å². The number of hydrogen-bond acceptors (Lipinski definition) is 5. The van der Waals surface area contributed by atoms with E-state index in [-0.39, 0.29) is 0 Å². The number of hydrogen-bond donors (Lipinski definition) is 3. The quantitative estimate of drug-likeness (QED) is 0.725. The molecule has 0 spiro atoms. The highest BCUT2D eigenvalue weighted by Crippen LogP contribution is 2.27. The van der Waals surface area contributed by atoms with Crippen LogP contribution < -0.4 is 10.0 Å². The van der Waals surface area contributed by atoms with Crippen molar-refractivity contribution in [2.75, 3.05) is 6.54 Å². The lowest BCUT2D eigenvalue weighted by Crippen LogP contribution is -2.29. The molecule has 0 aliphatic carbocycles. The molecule has 6 nitrogen and oxygen atoms in total. The summed E-state index contributed by atoms with van der Waals surface area (Å²) >= 11 is 1.46. The lowest BCUT2D eigenvalue weighted by Gasteiger charge is -2.13. The van der Waals surface area contributed by atoms with Gasteiger partial charge in [0.05, 0.1) is 6.04 Å². The average Bonchev–Trinajstić information content (AvgIpc) is 3.05. The van der Waals surface area contributed by atoms with Crippen LogP contribution in [0.2, 0.25) is 0 Å². The third-order valence-corrected chi connectivity index (χ3v) is 6.06. The van der Waals surface area contributed by atoms with Gasteiger partial charge in [0.1, 0.15) is 10.7 Å². The smallest absolute Gasteiger partial charge is 0.242 e. The van der Waals surface area contributed by atoms with Crippen LogP contribution >= 0.6 is 11.3 Å². The monoisotopic (exact) mass is 328 g/mol. The number of imidazole rings is 1. The molecule has 0 saturated heterocycles. The van der Waals surface area contributed by atoms with Crippen molar-refractivity contribution in [2.45, 2.75) is 38.3 Å². The van der Waals surface area contributed by atoms with Gasteiger partial charge in [-0.05, 0) is 31.3 Å². The van der Waals surface area contributed by atoms with Gasteiger partial charge in [-0.1, -0.05) is 6.92 Å². The average molecular weight is 328 g/mol. The molecule has 0 bridgehead atoms. The fourth-order valence-corrected chi connectivity index (χ4v) is 5.06. The van der Waals surface area contributed by atoms with Gasteiger partial charge < -0.3 is 10.3 Å². The Kier molecular flexibility index (Phi) is 5.15. The molecule has 3 N–H and O–H groups in total. The van der Waals surface area contributed by atoms with Crippen LogP contribution in [0.25, 0.3) is 0 Å². The highest BCUT2D eigenvalue weighted by Gasteiger charge is 2.25. The number of aromatic amines is 1. The van der Waals surface area contributed by atoms with Gasteiger partial charge in [-0.15, -0.1) is 11.3 Å². The first-order chi connectivity index (χ1) is 9.95. The number of thiophene rings is 1. The number of aryl methyl sites for hydroxylation is 1. The van der Waals surface area contributed by atoms with Crippen LogP contribution in [0.5, 0.6) is 0 Å². The van der Waals surface area contributed by atoms with Crippen molar-refractivity contribution in [3.8, 4) is 0 Å². The number of nitrogens with one attached hydrogen (secondary N) is 3. The van der Waals surface area contributed by atoms with Crippen molar-refractivity contribution < 1.29 is 8.42 Å². The molecule has 2 rings (SSSR count). The van der Waals surface area contributed by atoms with Gasteiger partial charge in [0, 0.05) is 23.8 Å². The molecule has 0 aliphatic heterocycles. The molecule has 2 aromatic rings. The second-order valence-corrected chi connectivity index (χ2v) is 7.38. The van der Waals surface area contributed by atoms with E-state index in [2.05, 4.69) is 20.0 Å². The molecule has 1 atom stereocenters. The number of rotatable bonds is 7. The van der Waals surface area contributed by atoms with Crippen molar-refractivity contribution in [1.29, 1.82) is 0 Å². The Labute approximate surface area is 129 Å². The molecule has 116 valence electrons. The standard InChI is InChI=1S/C13H20N4O2S2/c1-4-14-7-11-12(9(2)8-20-11)21(18,19)17-10(3)13-15-5-6-16-13/h5-6,8,10,14,17H,4,7H2,1-3H3,(H,15,16). The van der Waals surface area contributed by atoms with E-state index in [0.717, 1.165) is 17.0 Å². The van der Waals surface area contributed by atoms with Crippen LogP contribution in [-0.4, -0.2) is 24.9 Å². The lowest BCUT2D eigenvalue weighted by molar-refractivity contribution is 0.559. The Balaban J connectivity index is 2.25. The summed E-state index contributed by atoms with van der Waals surface area (Å²) < 4.78 is 27.9. The van der Waals surface area contributed by atoms with Gasteiger partial charge in [-0.2, -0.15) is 0 Å². The van der Waals surface area contributed by atoms with E-state index in [0.29, 0.717) is 17.3 Å². The summed E-state index contributed by atoms with van der Waals surface area (Å²) in [6.07, 6.45) is 3.28. The Bertz CT molecular complexity index is 677. The molecule has 0 saturated carbocycles. The largest absolute Gasteiger partial charge is 0.347 e. The molecule has 1 unspecified atom stereocenters. The van der Waals surface area contributed by atoms with Crippen molar-refractivity contribution in [3.05, 3.63) is 34.0 Å². The zero-order chi connectivity index (χ0) is 15.5. The minimum atomic E-state index is -3.57. The first kappa shape index (κ1) is 16.2. The molecule has 8 heteroatoms. The second kappa shape index (κ2) is 6.69. The van der Waals surface area contributed by atoms with E-state index >= 15 is 0 Å². The molecule has 2 heterocycles. The van der Waals surface area contributed by atoms with Gasteiger partial charge in [-0.25, -0.2) is 18.1 Å². The molecule has 0 fully saturated rings. The number of H-pyrrole nitrogens is 1. The van der Waals surface area contributed by atoms with E-state index in [1.54, 1.807) is 19.3 Å². The molecule has 21 heavy (non-hydrogen) atoms. The van der Waals surface area contributed by atoms with E-state index in [1.807, 2.05) is 19.2 Å². The Morgan fingerprint density at radius 1 is 1.48 bits per heavy atom. The fourth-order valence-electron chi connectivity index (χ4n) is 2.07. The Morgan fingerprint density at radius 2 is 2.24 bits per heavy atom. The molecular weight excluding hydrogens is 308 g/mol. The topological polar surface area (TPSA) is 86.9 Å². The summed E-state index contributed by atoms with van der Waals surface area (Å²) in [6, 6.07) is -0.406. The summed E-state index contributed by atoms with van der Waals surface area (Å²) in [6.45, 7) is 6.93. The third-order valence-electron chi connectivity index (χ3n) is 3.06. The highest BCUT2D eigenvalue weighted by molar-refractivity contribution is 7.89. The second-order valence-electron chi connectivity index (χ2n) is 4.77. The van der Waals surface area contributed by atoms with Crippen LogP contribution in [0.3, 0.4) is 0 Å². The zero-order valence-corrected chi connectivity index (χ0v) is 13.9. The minimum Gasteiger partial charge on any atom is -0.347 e. The van der Waals surface area contributed by atoms with Crippen molar-refractivity contribution >= 4 is 21.4 Å². The molecule has 0 aromatic carbocycles. The SMILES string of the molecule is CCNCc1scc(C)c1S(=O)(=O)NC(C)c1ncc[nH]1. The van der Waals surface area contributed by atoms with Crippen LogP contribution in [0.1, 0.15) is 36.2 Å². The molecule has 0 radical (unpaired) electrons. The summed E-state index contributed by atoms with van der Waals surface area (Å²) in [5.41, 5.74) is 0.770. The molecular formula is C13H20N4O2S2. The molecule has 0 amide bonds. The van der Waals surface area contributed by atoms with Gasteiger partial charge >= 0.3 is 0 Å². The summed E-state index contributed by atoms with van der Waals surface area (Å²) in [5, 5.41) is 5.04. The van der Waals surface area contributed by atoms with Crippen LogP contribution in [0.4, 0.5) is 0 Å². The first-order valence-electron chi connectivity index (χ1n) is 6.75. The van der Waals surface area contributed by atoms with Crippen LogP contribution in [0.15, 0.2) is 22.7 Å². The first-order valence-corrected chi connectivity index (χ1v) is 9.11. The minimum absolute atomic E-state index is 0.381. The van der Waals surface area contributed by atoms with E-state index < -0.39 is 16.1 Å². The number of sulfonamides is 1. The lowest BCUT2D eigenvalue weighted by atomic mass is 10.3. The van der Waals surface area contributed by atoms with Crippen molar-refractivity contribution in [1.82, 2.24) is 20.0 Å². The van der Waals surface area contributed by atoms with E-state index in [4.69, 9.17) is 0 Å². The fraction of sp³-hybridized carbons (Fsp3) is 0.462. The van der Waals surface area contributed by atoms with Gasteiger partial charge in [0.2, 0.25) is 10.0 Å². The normalized spacial score (nSPS) is 13.5. The third kappa shape index (κ3) is 3.70. The zero-order valence-electron chi connectivity index (χ0n) is 12.3. The molecule has 2 aromatic heterocycles. The Hall–Kier alpha value is -1.22. The molecule has 0 aliphatic rings. The predicted octanol–water partition coefficient (Wildman–Crippen LogP) is 1.93. The van der Waals surface area contributed by atoms with Gasteiger partial charge in [0.25, 0.3) is 0 Å². The maximum absolute atomic E-state index is 12.6.